The molecule has 0 aromatic carbocycles. The molecule has 1 atom stereocenters. The van der Waals surface area contributed by atoms with Gasteiger partial charge in [0.2, 0.25) is 3.79 Å². The van der Waals surface area contributed by atoms with Gasteiger partial charge in [0.05, 0.1) is 0 Å². The summed E-state index contributed by atoms with van der Waals surface area (Å²) in [5, 5.41) is 9.01. The van der Waals surface area contributed by atoms with Crippen LogP contribution in [0.3, 0.4) is 0 Å². The highest BCUT2D eigenvalue weighted by atomic mass is 35.6. The second kappa shape index (κ2) is 4.91. The summed E-state index contributed by atoms with van der Waals surface area (Å²) in [4.78, 5) is 11.0. The molecule has 1 aliphatic rings. The molecule has 0 radical (unpaired) electrons. The van der Waals surface area contributed by atoms with E-state index in [0.717, 1.165) is 32.1 Å². The van der Waals surface area contributed by atoms with Gasteiger partial charge in [0.1, 0.15) is 5.92 Å². The second-order valence-electron chi connectivity index (χ2n) is 3.76. The summed E-state index contributed by atoms with van der Waals surface area (Å²) in [6, 6.07) is 0. The van der Waals surface area contributed by atoms with E-state index in [4.69, 9.17) is 39.9 Å². The molecule has 82 valence electrons. The minimum absolute atomic E-state index is 0.00810. The van der Waals surface area contributed by atoms with Crippen LogP contribution < -0.4 is 0 Å². The van der Waals surface area contributed by atoms with Crippen LogP contribution in [0.1, 0.15) is 32.1 Å². The van der Waals surface area contributed by atoms with Gasteiger partial charge in [-0.1, -0.05) is 54.1 Å². The summed E-state index contributed by atoms with van der Waals surface area (Å²) in [7, 11) is 0. The summed E-state index contributed by atoms with van der Waals surface area (Å²) >= 11 is 17.0. The Morgan fingerprint density at radius 2 is 1.71 bits per heavy atom. The quantitative estimate of drug-likeness (QED) is 0.769. The highest BCUT2D eigenvalue weighted by Crippen LogP contribution is 2.44. The molecule has 1 aliphatic carbocycles. The van der Waals surface area contributed by atoms with Gasteiger partial charge in [-0.05, 0) is 18.8 Å². The maximum Gasteiger partial charge on any atom is 0.311 e. The summed E-state index contributed by atoms with van der Waals surface area (Å²) in [5.41, 5.74) is 0. The molecule has 0 amide bonds. The van der Waals surface area contributed by atoms with E-state index >= 15 is 0 Å². The largest absolute Gasteiger partial charge is 0.481 e. The lowest BCUT2D eigenvalue weighted by atomic mass is 9.80. The number of hydrogen-bond donors (Lipinski definition) is 1. The van der Waals surface area contributed by atoms with Crippen molar-refractivity contribution in [3.63, 3.8) is 0 Å². The van der Waals surface area contributed by atoms with E-state index in [1.54, 1.807) is 0 Å². The Hall–Kier alpha value is 0.340. The van der Waals surface area contributed by atoms with Gasteiger partial charge in [-0.25, -0.2) is 0 Å². The molecule has 2 nitrogen and oxygen atoms in total. The fraction of sp³-hybridized carbons (Fsp3) is 0.889. The number of rotatable bonds is 2. The lowest BCUT2D eigenvalue weighted by molar-refractivity contribution is -0.144. The summed E-state index contributed by atoms with van der Waals surface area (Å²) in [6.07, 6.45) is 4.93. The van der Waals surface area contributed by atoms with Crippen molar-refractivity contribution in [2.24, 2.45) is 11.8 Å². The van der Waals surface area contributed by atoms with Crippen molar-refractivity contribution in [2.75, 3.05) is 0 Å². The third kappa shape index (κ3) is 3.18. The number of aliphatic carboxylic acids is 1. The summed E-state index contributed by atoms with van der Waals surface area (Å²) in [6.45, 7) is 0. The zero-order chi connectivity index (χ0) is 10.8. The molecule has 1 rings (SSSR count). The fourth-order valence-electron chi connectivity index (χ4n) is 2.08. The van der Waals surface area contributed by atoms with Crippen molar-refractivity contribution in [2.45, 2.75) is 35.9 Å². The molecule has 5 heteroatoms. The van der Waals surface area contributed by atoms with Gasteiger partial charge in [0.25, 0.3) is 0 Å². The first kappa shape index (κ1) is 12.4. The monoisotopic (exact) mass is 258 g/mol. The van der Waals surface area contributed by atoms with Crippen molar-refractivity contribution >= 4 is 40.8 Å². The van der Waals surface area contributed by atoms with Gasteiger partial charge in [0.15, 0.2) is 0 Å². The number of alkyl halides is 3. The molecule has 0 spiro atoms. The van der Waals surface area contributed by atoms with E-state index in [2.05, 4.69) is 0 Å². The first-order valence-electron chi connectivity index (χ1n) is 4.72. The fourth-order valence-corrected chi connectivity index (χ4v) is 2.89. The molecule has 0 heterocycles. The van der Waals surface area contributed by atoms with Gasteiger partial charge in [-0.15, -0.1) is 0 Å². The lowest BCUT2D eigenvalue weighted by Crippen LogP contribution is -2.35. The van der Waals surface area contributed by atoms with Gasteiger partial charge in [0, 0.05) is 0 Å². The third-order valence-corrected chi connectivity index (χ3v) is 3.45. The molecule has 0 aliphatic heterocycles. The first-order valence-corrected chi connectivity index (χ1v) is 5.86. The number of halogens is 3. The maximum absolute atomic E-state index is 11.0. The van der Waals surface area contributed by atoms with Crippen molar-refractivity contribution in [1.82, 2.24) is 0 Å². The minimum Gasteiger partial charge on any atom is -0.481 e. The van der Waals surface area contributed by atoms with Gasteiger partial charge >= 0.3 is 5.97 Å². The molecule has 0 bridgehead atoms. The lowest BCUT2D eigenvalue weighted by Gasteiger charge is -2.31. The number of hydrogen-bond acceptors (Lipinski definition) is 1. The van der Waals surface area contributed by atoms with Crippen LogP contribution in [-0.2, 0) is 4.79 Å². The average molecular weight is 260 g/mol. The van der Waals surface area contributed by atoms with Crippen LogP contribution in [0, 0.1) is 11.8 Å². The van der Waals surface area contributed by atoms with E-state index in [1.807, 2.05) is 0 Å². The number of carboxylic acids is 1. The van der Waals surface area contributed by atoms with Crippen LogP contribution in [0.25, 0.3) is 0 Å². The first-order chi connectivity index (χ1) is 6.43. The van der Waals surface area contributed by atoms with Crippen molar-refractivity contribution < 1.29 is 9.90 Å². The Kier molecular flexibility index (Phi) is 4.35. The second-order valence-corrected chi connectivity index (χ2v) is 6.12. The molecule has 1 saturated carbocycles. The zero-order valence-corrected chi connectivity index (χ0v) is 9.95. The van der Waals surface area contributed by atoms with E-state index in [-0.39, 0.29) is 5.92 Å². The van der Waals surface area contributed by atoms with Gasteiger partial charge in [-0.2, -0.15) is 0 Å². The Labute approximate surface area is 98.5 Å². The Morgan fingerprint density at radius 1 is 1.21 bits per heavy atom. The van der Waals surface area contributed by atoms with Crippen molar-refractivity contribution in [1.29, 1.82) is 0 Å². The molecule has 0 aromatic rings. The molecule has 1 fully saturated rings. The van der Waals surface area contributed by atoms with Crippen LogP contribution >= 0.6 is 34.8 Å². The molecule has 0 aromatic heterocycles. The predicted octanol–water partition coefficient (Wildman–Crippen LogP) is 3.64. The zero-order valence-electron chi connectivity index (χ0n) is 7.68. The number of carboxylic acid groups (broad SMARTS) is 1. The normalized spacial score (nSPS) is 21.9. The van der Waals surface area contributed by atoms with Gasteiger partial charge < -0.3 is 5.11 Å². The Morgan fingerprint density at radius 3 is 2.07 bits per heavy atom. The molecule has 14 heavy (non-hydrogen) atoms. The standard InChI is InChI=1S/C9H13Cl3O2/c10-9(11,12)7(8(13)14)6-4-2-1-3-5-6/h6-7H,1-5H2,(H,13,14). The van der Waals surface area contributed by atoms with Crippen LogP contribution in [0.5, 0.6) is 0 Å². The maximum atomic E-state index is 11.0. The third-order valence-electron chi connectivity index (χ3n) is 2.74. The Balaban J connectivity index is 2.71. The van der Waals surface area contributed by atoms with E-state index in [1.165, 1.54) is 0 Å². The van der Waals surface area contributed by atoms with E-state index in [0.29, 0.717) is 0 Å². The Bertz CT molecular complexity index is 207. The summed E-state index contributed by atoms with van der Waals surface area (Å²) < 4.78 is -1.69. The average Bonchev–Trinajstić information content (AvgIpc) is 2.02. The SMILES string of the molecule is O=C(O)C(C1CCCCC1)C(Cl)(Cl)Cl. The molecule has 1 N–H and O–H groups in total. The minimum atomic E-state index is -1.69. The summed E-state index contributed by atoms with van der Waals surface area (Å²) in [5.74, 6) is -1.86. The van der Waals surface area contributed by atoms with Crippen LogP contribution in [0.2, 0.25) is 0 Å². The topological polar surface area (TPSA) is 37.3 Å². The van der Waals surface area contributed by atoms with Crippen molar-refractivity contribution in [3.8, 4) is 0 Å². The highest BCUT2D eigenvalue weighted by Gasteiger charge is 2.44. The van der Waals surface area contributed by atoms with Crippen molar-refractivity contribution in [3.05, 3.63) is 0 Å². The number of carbonyl (C=O) groups is 1. The van der Waals surface area contributed by atoms with Crippen LogP contribution in [0.4, 0.5) is 0 Å². The van der Waals surface area contributed by atoms with Crippen LogP contribution in [-0.4, -0.2) is 14.9 Å². The van der Waals surface area contributed by atoms with E-state index in [9.17, 15) is 4.79 Å². The smallest absolute Gasteiger partial charge is 0.311 e. The molecule has 0 saturated heterocycles. The van der Waals surface area contributed by atoms with Gasteiger partial charge in [-0.3, -0.25) is 4.79 Å². The predicted molar refractivity (Wildman–Crippen MR) is 58.0 cm³/mol. The van der Waals surface area contributed by atoms with Crippen LogP contribution in [0.15, 0.2) is 0 Å². The molecular weight excluding hydrogens is 246 g/mol. The molecular formula is C9H13Cl3O2. The molecule has 1 unspecified atom stereocenters. The van der Waals surface area contributed by atoms with E-state index < -0.39 is 15.7 Å². The highest BCUT2D eigenvalue weighted by molar-refractivity contribution is 6.68.